The van der Waals surface area contributed by atoms with Gasteiger partial charge in [0.2, 0.25) is 0 Å². The molecule has 0 fully saturated rings. The van der Waals surface area contributed by atoms with Gasteiger partial charge in [0.1, 0.15) is 5.75 Å². The predicted molar refractivity (Wildman–Crippen MR) is 73.4 cm³/mol. The third-order valence-corrected chi connectivity index (χ3v) is 3.04. The number of hydrogen-bond donors (Lipinski definition) is 1. The van der Waals surface area contributed by atoms with Crippen LogP contribution in [0.25, 0.3) is 11.5 Å². The van der Waals surface area contributed by atoms with Crippen molar-refractivity contribution in [2.45, 2.75) is 12.6 Å². The number of aromatic hydroxyl groups is 1. The number of nitrogens with zero attached hydrogens (tertiary/aromatic N) is 3. The van der Waals surface area contributed by atoms with Crippen LogP contribution in [0.15, 0.2) is 47.1 Å². The molecule has 23 heavy (non-hydrogen) atoms. The van der Waals surface area contributed by atoms with Gasteiger partial charge in [0, 0.05) is 17.5 Å². The second-order valence-corrected chi connectivity index (χ2v) is 4.78. The van der Waals surface area contributed by atoms with Crippen LogP contribution in [0.4, 0.5) is 13.2 Å². The smallest absolute Gasteiger partial charge is 0.416 e. The molecular weight excluding hydrogens is 311 g/mol. The van der Waals surface area contributed by atoms with Crippen LogP contribution < -0.4 is 0 Å². The minimum atomic E-state index is -4.43. The Labute approximate surface area is 128 Å². The molecule has 0 unspecified atom stereocenters. The van der Waals surface area contributed by atoms with Crippen LogP contribution in [-0.4, -0.2) is 20.2 Å². The SMILES string of the molecule is Oc1cccc(-c2nc(Cc3cc(C(F)(F)F)ccn3)no2)c1. The van der Waals surface area contributed by atoms with E-state index in [1.807, 2.05) is 0 Å². The summed E-state index contributed by atoms with van der Waals surface area (Å²) < 4.78 is 43.1. The molecule has 0 saturated heterocycles. The van der Waals surface area contributed by atoms with Crippen molar-refractivity contribution in [3.8, 4) is 17.2 Å². The van der Waals surface area contributed by atoms with Crippen molar-refractivity contribution in [1.29, 1.82) is 0 Å². The molecule has 5 nitrogen and oxygen atoms in total. The third-order valence-electron chi connectivity index (χ3n) is 3.04. The topological polar surface area (TPSA) is 72.0 Å². The quantitative estimate of drug-likeness (QED) is 0.800. The average Bonchev–Trinajstić information content (AvgIpc) is 2.95. The Hall–Kier alpha value is -2.90. The van der Waals surface area contributed by atoms with Crippen molar-refractivity contribution < 1.29 is 22.8 Å². The first-order chi connectivity index (χ1) is 10.9. The number of alkyl halides is 3. The molecule has 0 aliphatic carbocycles. The molecule has 0 spiro atoms. The number of hydrogen-bond acceptors (Lipinski definition) is 5. The summed E-state index contributed by atoms with van der Waals surface area (Å²) >= 11 is 0. The first-order valence-electron chi connectivity index (χ1n) is 6.56. The van der Waals surface area contributed by atoms with Crippen LogP contribution in [-0.2, 0) is 12.6 Å². The molecule has 0 radical (unpaired) electrons. The molecule has 0 atom stereocenters. The van der Waals surface area contributed by atoms with E-state index >= 15 is 0 Å². The fourth-order valence-corrected chi connectivity index (χ4v) is 2.00. The van der Waals surface area contributed by atoms with Gasteiger partial charge in [-0.1, -0.05) is 11.2 Å². The van der Waals surface area contributed by atoms with Crippen molar-refractivity contribution in [1.82, 2.24) is 15.1 Å². The molecule has 3 rings (SSSR count). The highest BCUT2D eigenvalue weighted by Crippen LogP contribution is 2.29. The van der Waals surface area contributed by atoms with Crippen molar-refractivity contribution in [3.05, 3.63) is 59.7 Å². The number of phenolic OH excluding ortho intramolecular Hbond substituents is 1. The van der Waals surface area contributed by atoms with Crippen molar-refractivity contribution in [2.24, 2.45) is 0 Å². The van der Waals surface area contributed by atoms with E-state index < -0.39 is 11.7 Å². The molecule has 0 aliphatic rings. The zero-order valence-electron chi connectivity index (χ0n) is 11.6. The molecule has 8 heteroatoms. The van der Waals surface area contributed by atoms with E-state index in [4.69, 9.17) is 4.52 Å². The maximum Gasteiger partial charge on any atom is 0.416 e. The Morgan fingerprint density at radius 2 is 1.96 bits per heavy atom. The van der Waals surface area contributed by atoms with Gasteiger partial charge in [-0.25, -0.2) is 0 Å². The van der Waals surface area contributed by atoms with Gasteiger partial charge in [0.25, 0.3) is 5.89 Å². The van der Waals surface area contributed by atoms with E-state index in [1.165, 1.54) is 12.1 Å². The highest BCUT2D eigenvalue weighted by atomic mass is 19.4. The van der Waals surface area contributed by atoms with E-state index in [0.29, 0.717) is 5.56 Å². The monoisotopic (exact) mass is 321 g/mol. The lowest BCUT2D eigenvalue weighted by atomic mass is 10.2. The second kappa shape index (κ2) is 5.71. The Morgan fingerprint density at radius 3 is 2.70 bits per heavy atom. The molecule has 0 saturated carbocycles. The van der Waals surface area contributed by atoms with Crippen LogP contribution in [0.5, 0.6) is 5.75 Å². The summed E-state index contributed by atoms with van der Waals surface area (Å²) in [5.74, 6) is 0.417. The number of pyridine rings is 1. The van der Waals surface area contributed by atoms with Gasteiger partial charge in [-0.15, -0.1) is 0 Å². The Bertz CT molecular complexity index is 831. The molecule has 2 aromatic heterocycles. The largest absolute Gasteiger partial charge is 0.508 e. The molecule has 3 aromatic rings. The molecule has 118 valence electrons. The Morgan fingerprint density at radius 1 is 1.13 bits per heavy atom. The minimum Gasteiger partial charge on any atom is -0.508 e. The fraction of sp³-hybridized carbons (Fsp3) is 0.133. The van der Waals surface area contributed by atoms with Gasteiger partial charge in [0.05, 0.1) is 12.0 Å². The molecule has 0 aliphatic heterocycles. The van der Waals surface area contributed by atoms with Crippen LogP contribution in [0.1, 0.15) is 17.1 Å². The lowest BCUT2D eigenvalue weighted by Gasteiger charge is -2.06. The van der Waals surface area contributed by atoms with Gasteiger partial charge in [-0.3, -0.25) is 4.98 Å². The normalized spacial score (nSPS) is 11.6. The summed E-state index contributed by atoms with van der Waals surface area (Å²) in [5.41, 5.74) is -0.0805. The maximum atomic E-state index is 12.7. The standard InChI is InChI=1S/C15H10F3N3O2/c16-15(17,18)10-4-5-19-11(7-10)8-13-20-14(23-21-13)9-2-1-3-12(22)6-9/h1-7,22H,8H2. The first-order valence-corrected chi connectivity index (χ1v) is 6.56. The highest BCUT2D eigenvalue weighted by Gasteiger charge is 2.30. The van der Waals surface area contributed by atoms with E-state index in [1.54, 1.807) is 12.1 Å². The number of aromatic nitrogens is 3. The van der Waals surface area contributed by atoms with E-state index in [2.05, 4.69) is 15.1 Å². The molecular formula is C15H10F3N3O2. The van der Waals surface area contributed by atoms with Crippen LogP contribution in [0.2, 0.25) is 0 Å². The number of benzene rings is 1. The van der Waals surface area contributed by atoms with Gasteiger partial charge in [-0.05, 0) is 30.3 Å². The summed E-state index contributed by atoms with van der Waals surface area (Å²) in [6, 6.07) is 8.07. The molecule has 2 heterocycles. The molecule has 0 bridgehead atoms. The fourth-order valence-electron chi connectivity index (χ4n) is 2.00. The van der Waals surface area contributed by atoms with Crippen molar-refractivity contribution in [2.75, 3.05) is 0 Å². The lowest BCUT2D eigenvalue weighted by molar-refractivity contribution is -0.137. The third kappa shape index (κ3) is 3.47. The van der Waals surface area contributed by atoms with E-state index in [9.17, 15) is 18.3 Å². The van der Waals surface area contributed by atoms with Gasteiger partial charge in [0.15, 0.2) is 5.82 Å². The summed E-state index contributed by atoms with van der Waals surface area (Å²) in [6.45, 7) is 0. The lowest BCUT2D eigenvalue weighted by Crippen LogP contribution is -2.06. The molecule has 0 amide bonds. The van der Waals surface area contributed by atoms with Gasteiger partial charge >= 0.3 is 6.18 Å². The van der Waals surface area contributed by atoms with E-state index in [0.717, 1.165) is 18.3 Å². The van der Waals surface area contributed by atoms with Crippen molar-refractivity contribution in [3.63, 3.8) is 0 Å². The highest BCUT2D eigenvalue weighted by molar-refractivity contribution is 5.55. The summed E-state index contributed by atoms with van der Waals surface area (Å²) in [7, 11) is 0. The number of rotatable bonds is 3. The summed E-state index contributed by atoms with van der Waals surface area (Å²) in [5, 5.41) is 13.1. The number of phenols is 1. The second-order valence-electron chi connectivity index (χ2n) is 4.78. The van der Waals surface area contributed by atoms with Crippen LogP contribution in [0.3, 0.4) is 0 Å². The molecule has 1 aromatic carbocycles. The minimum absolute atomic E-state index is 0.00619. The Balaban J connectivity index is 1.82. The maximum absolute atomic E-state index is 12.7. The van der Waals surface area contributed by atoms with Gasteiger partial charge in [-0.2, -0.15) is 18.2 Å². The predicted octanol–water partition coefficient (Wildman–Crippen LogP) is 3.45. The average molecular weight is 321 g/mol. The zero-order valence-corrected chi connectivity index (χ0v) is 11.6. The van der Waals surface area contributed by atoms with Gasteiger partial charge < -0.3 is 9.63 Å². The zero-order chi connectivity index (χ0) is 16.4. The van der Waals surface area contributed by atoms with Crippen molar-refractivity contribution >= 4 is 0 Å². The summed E-state index contributed by atoms with van der Waals surface area (Å²) in [4.78, 5) is 7.98. The Kier molecular flexibility index (Phi) is 3.73. The van der Waals surface area contributed by atoms with Crippen LogP contribution >= 0.6 is 0 Å². The van der Waals surface area contributed by atoms with E-state index in [-0.39, 0.29) is 29.6 Å². The van der Waals surface area contributed by atoms with Crippen LogP contribution in [0, 0.1) is 0 Å². The summed E-state index contributed by atoms with van der Waals surface area (Å²) in [6.07, 6.45) is -3.33. The molecule has 1 N–H and O–H groups in total. The first kappa shape index (κ1) is 15.0. The number of halogens is 3.